The van der Waals surface area contributed by atoms with Crippen molar-refractivity contribution in [2.24, 2.45) is 64.6 Å². The van der Waals surface area contributed by atoms with Crippen LogP contribution in [0.4, 0.5) is 0 Å². The minimum absolute atomic E-state index is 0.102. The fraction of sp³-hybridized carbons (Fsp3) is 0.947. The summed E-state index contributed by atoms with van der Waals surface area (Å²) in [6, 6.07) is 0. The molecule has 5 fully saturated rings. The van der Waals surface area contributed by atoms with Gasteiger partial charge in [0.25, 0.3) is 0 Å². The van der Waals surface area contributed by atoms with Gasteiger partial charge in [0.05, 0.1) is 12.5 Å². The molecule has 122 valence electrons. The first-order valence-electron chi connectivity index (χ1n) is 9.21. The highest BCUT2D eigenvalue weighted by Gasteiger charge is 2.72. The van der Waals surface area contributed by atoms with Gasteiger partial charge in [-0.1, -0.05) is 20.8 Å². The predicted octanol–water partition coefficient (Wildman–Crippen LogP) is 2.58. The third-order valence-electron chi connectivity index (χ3n) is 8.36. The zero-order chi connectivity index (χ0) is 15.4. The van der Waals surface area contributed by atoms with Gasteiger partial charge in [0, 0.05) is 12.5 Å². The molecule has 1 saturated heterocycles. The second kappa shape index (κ2) is 4.09. The number of aliphatic hydroxyl groups excluding tert-OH is 1. The van der Waals surface area contributed by atoms with Crippen molar-refractivity contribution < 1.29 is 14.6 Å². The van der Waals surface area contributed by atoms with Gasteiger partial charge in [-0.15, -0.1) is 0 Å². The van der Waals surface area contributed by atoms with E-state index in [9.17, 15) is 9.90 Å². The topological polar surface area (TPSA) is 46.5 Å². The van der Waals surface area contributed by atoms with Crippen molar-refractivity contribution >= 4 is 5.97 Å². The van der Waals surface area contributed by atoms with E-state index in [2.05, 4.69) is 20.8 Å². The van der Waals surface area contributed by atoms with Crippen LogP contribution < -0.4 is 0 Å². The van der Waals surface area contributed by atoms with E-state index in [1.807, 2.05) is 0 Å². The number of ether oxygens (including phenoxy) is 1. The second-order valence-electron chi connectivity index (χ2n) is 9.84. The van der Waals surface area contributed by atoms with E-state index in [0.717, 1.165) is 17.8 Å². The highest BCUT2D eigenvalue weighted by molar-refractivity contribution is 5.76. The molecule has 4 saturated carbocycles. The van der Waals surface area contributed by atoms with Gasteiger partial charge < -0.3 is 9.84 Å². The summed E-state index contributed by atoms with van der Waals surface area (Å²) in [5.74, 6) is 6.20. The molecule has 0 spiro atoms. The van der Waals surface area contributed by atoms with Crippen molar-refractivity contribution in [1.82, 2.24) is 0 Å². The zero-order valence-electron chi connectivity index (χ0n) is 13.9. The molecule has 1 aliphatic heterocycles. The van der Waals surface area contributed by atoms with Gasteiger partial charge in [-0.25, -0.2) is 0 Å². The molecule has 3 nitrogen and oxygen atoms in total. The van der Waals surface area contributed by atoms with Crippen LogP contribution in [0.3, 0.4) is 0 Å². The Balaban J connectivity index is 1.53. The Morgan fingerprint density at radius 1 is 1.05 bits per heavy atom. The van der Waals surface area contributed by atoms with Gasteiger partial charge in [0.1, 0.15) is 0 Å². The average molecular weight is 304 g/mol. The van der Waals surface area contributed by atoms with Crippen LogP contribution in [-0.2, 0) is 9.53 Å². The number of fused-ring (bicyclic) bond motifs is 12. The number of hydrogen-bond donors (Lipinski definition) is 1. The molecule has 4 bridgehead atoms. The first kappa shape index (κ1) is 13.8. The van der Waals surface area contributed by atoms with E-state index in [1.165, 1.54) is 12.8 Å². The Labute approximate surface area is 132 Å². The Kier molecular flexibility index (Phi) is 2.57. The van der Waals surface area contributed by atoms with Crippen LogP contribution in [0.25, 0.3) is 0 Å². The number of cyclic esters (lactones) is 1. The van der Waals surface area contributed by atoms with Gasteiger partial charge in [0.15, 0.2) is 0 Å². The highest BCUT2D eigenvalue weighted by atomic mass is 16.5. The van der Waals surface area contributed by atoms with Gasteiger partial charge >= 0.3 is 5.97 Å². The van der Waals surface area contributed by atoms with Crippen LogP contribution in [0, 0.1) is 64.6 Å². The number of carbonyl (C=O) groups is 1. The van der Waals surface area contributed by atoms with Crippen LogP contribution in [0.2, 0.25) is 0 Å². The van der Waals surface area contributed by atoms with Crippen molar-refractivity contribution in [1.29, 1.82) is 0 Å². The molecular formula is C19H28O3. The molecule has 0 amide bonds. The monoisotopic (exact) mass is 304 g/mol. The standard InChI is InChI=1S/C19H28O3/c1-19(2,3)17-11-5-8(12(17)6-20)14-9-4-10(15(11)14)16-13(9)7-22-18(16)21/h8-17,20H,4-7H2,1-3H3. The van der Waals surface area contributed by atoms with Crippen LogP contribution in [0.1, 0.15) is 33.6 Å². The van der Waals surface area contributed by atoms with E-state index in [4.69, 9.17) is 4.74 Å². The van der Waals surface area contributed by atoms with E-state index in [1.54, 1.807) is 0 Å². The number of rotatable bonds is 1. The molecule has 5 aliphatic rings. The maximum Gasteiger partial charge on any atom is 0.309 e. The predicted molar refractivity (Wildman–Crippen MR) is 81.6 cm³/mol. The van der Waals surface area contributed by atoms with Crippen molar-refractivity contribution in [3.8, 4) is 0 Å². The minimum Gasteiger partial charge on any atom is -0.465 e. The number of hydrogen-bond acceptors (Lipinski definition) is 3. The molecule has 4 aliphatic carbocycles. The van der Waals surface area contributed by atoms with E-state index >= 15 is 0 Å². The lowest BCUT2D eigenvalue weighted by Gasteiger charge is -2.49. The Hall–Kier alpha value is -0.570. The Bertz CT molecular complexity index is 521. The summed E-state index contributed by atoms with van der Waals surface area (Å²) in [4.78, 5) is 12.2. The molecule has 0 aromatic rings. The molecule has 0 aromatic carbocycles. The fourth-order valence-electron chi connectivity index (χ4n) is 8.28. The fourth-order valence-corrected chi connectivity index (χ4v) is 8.28. The van der Waals surface area contributed by atoms with Gasteiger partial charge in [-0.3, -0.25) is 4.79 Å². The first-order valence-corrected chi connectivity index (χ1v) is 9.21. The van der Waals surface area contributed by atoms with E-state index in [-0.39, 0.29) is 17.3 Å². The lowest BCUT2D eigenvalue weighted by Crippen LogP contribution is -2.47. The zero-order valence-corrected chi connectivity index (χ0v) is 13.9. The number of carbonyl (C=O) groups excluding carboxylic acids is 1. The van der Waals surface area contributed by atoms with E-state index in [0.29, 0.717) is 48.7 Å². The molecule has 3 heteroatoms. The van der Waals surface area contributed by atoms with Gasteiger partial charge in [0.2, 0.25) is 0 Å². The summed E-state index contributed by atoms with van der Waals surface area (Å²) >= 11 is 0. The number of esters is 1. The van der Waals surface area contributed by atoms with Crippen molar-refractivity contribution in [2.45, 2.75) is 33.6 Å². The first-order chi connectivity index (χ1) is 10.4. The smallest absolute Gasteiger partial charge is 0.309 e. The van der Waals surface area contributed by atoms with Crippen LogP contribution in [0.5, 0.6) is 0 Å². The maximum atomic E-state index is 12.2. The summed E-state index contributed by atoms with van der Waals surface area (Å²) in [5, 5.41) is 10.1. The van der Waals surface area contributed by atoms with Crippen molar-refractivity contribution in [3.05, 3.63) is 0 Å². The van der Waals surface area contributed by atoms with Crippen LogP contribution >= 0.6 is 0 Å². The molecule has 5 rings (SSSR count). The SMILES string of the molecule is CC(C)(C)C1C(CO)C2CC1C1C3CC(C4COC(=O)C43)C21. The second-order valence-corrected chi connectivity index (χ2v) is 9.84. The third kappa shape index (κ3) is 1.41. The summed E-state index contributed by atoms with van der Waals surface area (Å²) in [6.45, 7) is 8.06. The molecule has 22 heavy (non-hydrogen) atoms. The number of aliphatic hydroxyl groups is 1. The van der Waals surface area contributed by atoms with Crippen molar-refractivity contribution in [3.63, 3.8) is 0 Å². The lowest BCUT2D eigenvalue weighted by atomic mass is 9.55. The minimum atomic E-state index is 0.102. The summed E-state index contributed by atoms with van der Waals surface area (Å²) in [6.07, 6.45) is 2.58. The van der Waals surface area contributed by atoms with E-state index < -0.39 is 0 Å². The summed E-state index contributed by atoms with van der Waals surface area (Å²) < 4.78 is 5.42. The Morgan fingerprint density at radius 3 is 2.41 bits per heavy atom. The average Bonchev–Trinajstić information content (AvgIpc) is 3.18. The van der Waals surface area contributed by atoms with Crippen LogP contribution in [0.15, 0.2) is 0 Å². The Morgan fingerprint density at radius 2 is 1.73 bits per heavy atom. The van der Waals surface area contributed by atoms with Crippen molar-refractivity contribution in [2.75, 3.05) is 13.2 Å². The van der Waals surface area contributed by atoms with Crippen LogP contribution in [-0.4, -0.2) is 24.3 Å². The van der Waals surface area contributed by atoms with Gasteiger partial charge in [-0.05, 0) is 65.6 Å². The molecule has 10 atom stereocenters. The quantitative estimate of drug-likeness (QED) is 0.598. The largest absolute Gasteiger partial charge is 0.465 e. The lowest BCUT2D eigenvalue weighted by molar-refractivity contribution is -0.143. The third-order valence-corrected chi connectivity index (χ3v) is 8.36. The summed E-state index contributed by atoms with van der Waals surface area (Å²) in [7, 11) is 0. The van der Waals surface area contributed by atoms with Gasteiger partial charge in [-0.2, -0.15) is 0 Å². The molecular weight excluding hydrogens is 276 g/mol. The molecule has 0 radical (unpaired) electrons. The summed E-state index contributed by atoms with van der Waals surface area (Å²) in [5.41, 5.74) is 0.259. The molecule has 1 N–H and O–H groups in total. The molecule has 1 heterocycles. The maximum absolute atomic E-state index is 12.2. The molecule has 0 aromatic heterocycles. The highest BCUT2D eigenvalue weighted by Crippen LogP contribution is 2.75. The molecule has 10 unspecified atom stereocenters. The normalized spacial score (nSPS) is 58.1.